The van der Waals surface area contributed by atoms with E-state index >= 15 is 0 Å². The molecule has 1 aliphatic heterocycles. The minimum absolute atomic E-state index is 0.0539. The Morgan fingerprint density at radius 2 is 2.00 bits per heavy atom. The highest BCUT2D eigenvalue weighted by atomic mass is 19.4. The van der Waals surface area contributed by atoms with Crippen LogP contribution >= 0.6 is 0 Å². The SMILES string of the molecule is CC1(C2CC2)CN(c2cc(C(F)(F)F)ccc2F)CCN1. The third-order valence-electron chi connectivity index (χ3n) is 4.52. The van der Waals surface area contributed by atoms with Crippen LogP contribution in [0.5, 0.6) is 0 Å². The molecular weight excluding hydrogens is 284 g/mol. The molecule has 21 heavy (non-hydrogen) atoms. The van der Waals surface area contributed by atoms with E-state index in [-0.39, 0.29) is 11.2 Å². The highest BCUT2D eigenvalue weighted by Crippen LogP contribution is 2.42. The molecule has 0 spiro atoms. The van der Waals surface area contributed by atoms with Crippen molar-refractivity contribution >= 4 is 5.69 Å². The molecule has 2 nitrogen and oxygen atoms in total. The molecule has 0 aromatic heterocycles. The number of nitrogens with zero attached hydrogens (tertiary/aromatic N) is 1. The topological polar surface area (TPSA) is 15.3 Å². The zero-order chi connectivity index (χ0) is 15.3. The van der Waals surface area contributed by atoms with Crippen molar-refractivity contribution in [1.29, 1.82) is 0 Å². The smallest absolute Gasteiger partial charge is 0.366 e. The first-order chi connectivity index (χ1) is 9.79. The van der Waals surface area contributed by atoms with Gasteiger partial charge in [-0.1, -0.05) is 0 Å². The minimum atomic E-state index is -4.45. The fourth-order valence-electron chi connectivity index (χ4n) is 3.14. The van der Waals surface area contributed by atoms with E-state index in [4.69, 9.17) is 0 Å². The van der Waals surface area contributed by atoms with E-state index in [0.29, 0.717) is 25.6 Å². The van der Waals surface area contributed by atoms with Crippen molar-refractivity contribution in [3.8, 4) is 0 Å². The molecule has 0 radical (unpaired) electrons. The number of benzene rings is 1. The van der Waals surface area contributed by atoms with E-state index in [1.807, 2.05) is 0 Å². The molecular formula is C15H18F4N2. The molecule has 1 aliphatic carbocycles. The van der Waals surface area contributed by atoms with Crippen LogP contribution in [0.1, 0.15) is 25.3 Å². The summed E-state index contributed by atoms with van der Waals surface area (Å²) in [5, 5.41) is 3.44. The Bertz CT molecular complexity index is 539. The summed E-state index contributed by atoms with van der Waals surface area (Å²) in [6.07, 6.45) is -2.19. The summed E-state index contributed by atoms with van der Waals surface area (Å²) in [5.41, 5.74) is -0.886. The van der Waals surface area contributed by atoms with Crippen LogP contribution in [-0.4, -0.2) is 25.2 Å². The summed E-state index contributed by atoms with van der Waals surface area (Å²) >= 11 is 0. The first-order valence-corrected chi connectivity index (χ1v) is 7.16. The van der Waals surface area contributed by atoms with Gasteiger partial charge in [0.2, 0.25) is 0 Å². The number of anilines is 1. The van der Waals surface area contributed by atoms with Gasteiger partial charge >= 0.3 is 6.18 Å². The van der Waals surface area contributed by atoms with Crippen LogP contribution in [0.2, 0.25) is 0 Å². The second-order valence-corrected chi connectivity index (χ2v) is 6.20. The van der Waals surface area contributed by atoms with Crippen molar-refractivity contribution in [1.82, 2.24) is 5.32 Å². The van der Waals surface area contributed by atoms with Crippen LogP contribution in [0.25, 0.3) is 0 Å². The van der Waals surface area contributed by atoms with Gasteiger partial charge < -0.3 is 10.2 Å². The number of alkyl halides is 3. The highest BCUT2D eigenvalue weighted by Gasteiger charge is 2.44. The average Bonchev–Trinajstić information content (AvgIpc) is 3.22. The van der Waals surface area contributed by atoms with Crippen LogP contribution in [-0.2, 0) is 6.18 Å². The molecule has 1 aromatic rings. The number of nitrogens with one attached hydrogen (secondary N) is 1. The third-order valence-corrected chi connectivity index (χ3v) is 4.52. The molecule has 1 heterocycles. The second-order valence-electron chi connectivity index (χ2n) is 6.20. The molecule has 0 amide bonds. The lowest BCUT2D eigenvalue weighted by Gasteiger charge is -2.43. The van der Waals surface area contributed by atoms with Gasteiger partial charge in [-0.2, -0.15) is 13.2 Å². The number of halogens is 4. The maximum absolute atomic E-state index is 14.0. The molecule has 1 atom stereocenters. The van der Waals surface area contributed by atoms with Gasteiger partial charge in [0.1, 0.15) is 5.82 Å². The molecule has 2 fully saturated rings. The average molecular weight is 302 g/mol. The highest BCUT2D eigenvalue weighted by molar-refractivity contribution is 5.51. The largest absolute Gasteiger partial charge is 0.416 e. The molecule has 1 aromatic carbocycles. The maximum atomic E-state index is 14.0. The predicted molar refractivity (Wildman–Crippen MR) is 72.7 cm³/mol. The Labute approximate surface area is 121 Å². The summed E-state index contributed by atoms with van der Waals surface area (Å²) in [6.45, 7) is 3.78. The Morgan fingerprint density at radius 3 is 2.62 bits per heavy atom. The van der Waals surface area contributed by atoms with Crippen molar-refractivity contribution in [2.24, 2.45) is 5.92 Å². The van der Waals surface area contributed by atoms with Gasteiger partial charge in [-0.15, -0.1) is 0 Å². The van der Waals surface area contributed by atoms with E-state index < -0.39 is 17.6 Å². The first kappa shape index (κ1) is 14.6. The molecule has 1 saturated carbocycles. The molecule has 1 N–H and O–H groups in total. The Morgan fingerprint density at radius 1 is 1.29 bits per heavy atom. The quantitative estimate of drug-likeness (QED) is 0.842. The number of rotatable bonds is 2. The van der Waals surface area contributed by atoms with E-state index in [2.05, 4.69) is 12.2 Å². The Balaban J connectivity index is 1.88. The summed E-state index contributed by atoms with van der Waals surface area (Å²) in [7, 11) is 0. The standard InChI is InChI=1S/C15H18F4N2/c1-14(10-2-3-10)9-21(7-6-20-14)13-8-11(15(17,18)19)4-5-12(13)16/h4-5,8,10,20H,2-3,6-7,9H2,1H3. The summed E-state index contributed by atoms with van der Waals surface area (Å²) in [4.78, 5) is 1.74. The zero-order valence-electron chi connectivity index (χ0n) is 11.8. The lowest BCUT2D eigenvalue weighted by Crippen LogP contribution is -2.60. The van der Waals surface area contributed by atoms with Crippen LogP contribution in [0, 0.1) is 11.7 Å². The fraction of sp³-hybridized carbons (Fsp3) is 0.600. The van der Waals surface area contributed by atoms with Gasteiger partial charge in [-0.3, -0.25) is 0 Å². The lowest BCUT2D eigenvalue weighted by molar-refractivity contribution is -0.137. The van der Waals surface area contributed by atoms with Crippen LogP contribution in [0.3, 0.4) is 0 Å². The van der Waals surface area contributed by atoms with E-state index in [1.165, 1.54) is 0 Å². The summed E-state index contributed by atoms with van der Waals surface area (Å²) in [6, 6.07) is 2.63. The maximum Gasteiger partial charge on any atom is 0.416 e. The number of hydrogen-bond acceptors (Lipinski definition) is 2. The fourth-order valence-corrected chi connectivity index (χ4v) is 3.14. The van der Waals surface area contributed by atoms with Crippen molar-refractivity contribution < 1.29 is 17.6 Å². The monoisotopic (exact) mass is 302 g/mol. The Kier molecular flexibility index (Phi) is 3.39. The van der Waals surface area contributed by atoms with Crippen molar-refractivity contribution in [3.63, 3.8) is 0 Å². The molecule has 1 unspecified atom stereocenters. The van der Waals surface area contributed by atoms with E-state index in [0.717, 1.165) is 31.0 Å². The van der Waals surface area contributed by atoms with Gasteiger partial charge in [0.05, 0.1) is 11.3 Å². The van der Waals surface area contributed by atoms with Crippen LogP contribution in [0.4, 0.5) is 23.2 Å². The minimum Gasteiger partial charge on any atom is -0.366 e. The van der Waals surface area contributed by atoms with Gasteiger partial charge in [0.25, 0.3) is 0 Å². The normalized spacial score (nSPS) is 27.0. The molecule has 0 bridgehead atoms. The van der Waals surface area contributed by atoms with E-state index in [9.17, 15) is 17.6 Å². The van der Waals surface area contributed by atoms with Crippen molar-refractivity contribution in [3.05, 3.63) is 29.6 Å². The van der Waals surface area contributed by atoms with E-state index in [1.54, 1.807) is 4.90 Å². The molecule has 3 rings (SSSR count). The number of piperazine rings is 1. The third kappa shape index (κ3) is 2.86. The lowest BCUT2D eigenvalue weighted by atomic mass is 9.92. The Hall–Kier alpha value is -1.30. The zero-order valence-corrected chi connectivity index (χ0v) is 11.8. The summed E-state index contributed by atoms with van der Waals surface area (Å²) < 4.78 is 52.4. The van der Waals surface area contributed by atoms with Crippen molar-refractivity contribution in [2.45, 2.75) is 31.5 Å². The molecule has 6 heteroatoms. The van der Waals surface area contributed by atoms with Gasteiger partial charge in [0.15, 0.2) is 0 Å². The second kappa shape index (κ2) is 4.87. The molecule has 116 valence electrons. The van der Waals surface area contributed by atoms with Crippen LogP contribution in [0.15, 0.2) is 18.2 Å². The predicted octanol–water partition coefficient (Wildman–Crippen LogP) is 3.42. The number of hydrogen-bond donors (Lipinski definition) is 1. The van der Waals surface area contributed by atoms with Crippen molar-refractivity contribution in [2.75, 3.05) is 24.5 Å². The van der Waals surface area contributed by atoms with Gasteiger partial charge in [-0.25, -0.2) is 4.39 Å². The molecule has 2 aliphatic rings. The summed E-state index contributed by atoms with van der Waals surface area (Å²) in [5.74, 6) is -0.0581. The van der Waals surface area contributed by atoms with Gasteiger partial charge in [-0.05, 0) is 43.9 Å². The van der Waals surface area contributed by atoms with Crippen LogP contribution < -0.4 is 10.2 Å². The first-order valence-electron chi connectivity index (χ1n) is 7.16. The van der Waals surface area contributed by atoms with Gasteiger partial charge in [0, 0.05) is 25.2 Å². The molecule has 1 saturated heterocycles.